The van der Waals surface area contributed by atoms with Gasteiger partial charge in [0.25, 0.3) is 0 Å². The van der Waals surface area contributed by atoms with Gasteiger partial charge in [-0.15, -0.1) is 0 Å². The highest BCUT2D eigenvalue weighted by Crippen LogP contribution is 2.58. The van der Waals surface area contributed by atoms with E-state index >= 15 is 0 Å². The highest BCUT2D eigenvalue weighted by atomic mass is 16.1. The second kappa shape index (κ2) is 6.09. The molecule has 3 aromatic rings. The molecule has 2 heteroatoms. The van der Waals surface area contributed by atoms with Gasteiger partial charge in [-0.2, -0.15) is 0 Å². The Morgan fingerprint density at radius 3 is 1.89 bits per heavy atom. The first kappa shape index (κ1) is 16.3. The molecule has 0 saturated heterocycles. The summed E-state index contributed by atoms with van der Waals surface area (Å²) >= 11 is 0. The minimum Gasteiger partial charge on any atom is -0.326 e. The van der Waals surface area contributed by atoms with Crippen LogP contribution in [0.15, 0.2) is 72.8 Å². The zero-order valence-electron chi connectivity index (χ0n) is 15.6. The Hall–Kier alpha value is -2.87. The summed E-state index contributed by atoms with van der Waals surface area (Å²) in [4.78, 5) is 13.4. The topological polar surface area (TPSA) is 29.1 Å². The van der Waals surface area contributed by atoms with E-state index in [1.54, 1.807) is 0 Å². The number of fused-ring (bicyclic) bond motifs is 1. The molecule has 1 N–H and O–H groups in total. The standard InChI is InChI=1S/C25H23NO/c1-15-8-7-9-17(14-15)26-25(27)23-16(2)22-18-10-3-5-12-20(18)24(23)21-13-6-4-11-19(21)22/h3-14,16,22-24H,1-2H3,(H,26,27)/t16-,22?,23-,24?/m1/s1. The molecule has 0 spiro atoms. The van der Waals surface area contributed by atoms with Crippen LogP contribution in [0, 0.1) is 18.8 Å². The minimum absolute atomic E-state index is 0.0553. The summed E-state index contributed by atoms with van der Waals surface area (Å²) in [5.41, 5.74) is 7.48. The third-order valence-corrected chi connectivity index (χ3v) is 6.37. The van der Waals surface area contributed by atoms with Crippen molar-refractivity contribution in [2.75, 3.05) is 5.32 Å². The monoisotopic (exact) mass is 353 g/mol. The fraction of sp³-hybridized carbons (Fsp3) is 0.240. The number of hydrogen-bond donors (Lipinski definition) is 1. The average Bonchev–Trinajstić information content (AvgIpc) is 2.68. The smallest absolute Gasteiger partial charge is 0.228 e. The molecule has 3 aromatic carbocycles. The summed E-state index contributed by atoms with van der Waals surface area (Å²) in [6.07, 6.45) is 0. The van der Waals surface area contributed by atoms with Gasteiger partial charge >= 0.3 is 0 Å². The molecule has 0 unspecified atom stereocenters. The summed E-state index contributed by atoms with van der Waals surface area (Å²) in [5.74, 6) is 0.759. The number of amides is 1. The lowest BCUT2D eigenvalue weighted by Gasteiger charge is -2.49. The molecule has 2 atom stereocenters. The van der Waals surface area contributed by atoms with E-state index in [0.717, 1.165) is 11.3 Å². The Balaban J connectivity index is 1.60. The zero-order chi connectivity index (χ0) is 18.5. The Morgan fingerprint density at radius 1 is 0.778 bits per heavy atom. The highest BCUT2D eigenvalue weighted by molar-refractivity contribution is 5.94. The van der Waals surface area contributed by atoms with Crippen molar-refractivity contribution in [2.45, 2.75) is 25.7 Å². The minimum atomic E-state index is -0.0553. The van der Waals surface area contributed by atoms with Gasteiger partial charge in [-0.3, -0.25) is 4.79 Å². The van der Waals surface area contributed by atoms with Crippen molar-refractivity contribution < 1.29 is 4.79 Å². The van der Waals surface area contributed by atoms with Crippen LogP contribution in [0.5, 0.6) is 0 Å². The van der Waals surface area contributed by atoms with E-state index in [1.165, 1.54) is 22.3 Å². The molecule has 0 radical (unpaired) electrons. The van der Waals surface area contributed by atoms with Gasteiger partial charge in [-0.05, 0) is 52.8 Å². The Kier molecular flexibility index (Phi) is 3.68. The molecular weight excluding hydrogens is 330 g/mol. The Labute approximate surface area is 160 Å². The second-order valence-corrected chi connectivity index (χ2v) is 7.96. The van der Waals surface area contributed by atoms with Crippen LogP contribution in [0.3, 0.4) is 0 Å². The molecule has 0 fully saturated rings. The summed E-state index contributed by atoms with van der Waals surface area (Å²) in [5, 5.41) is 3.19. The van der Waals surface area contributed by atoms with Crippen molar-refractivity contribution in [3.63, 3.8) is 0 Å². The summed E-state index contributed by atoms with van der Waals surface area (Å²) < 4.78 is 0. The normalized spacial score (nSPS) is 24.8. The number of carbonyl (C=O) groups excluding carboxylic acids is 1. The van der Waals surface area contributed by atoms with E-state index < -0.39 is 0 Å². The maximum Gasteiger partial charge on any atom is 0.228 e. The fourth-order valence-electron chi connectivity index (χ4n) is 5.29. The molecular formula is C25H23NO. The van der Waals surface area contributed by atoms with E-state index in [9.17, 15) is 4.79 Å². The molecule has 0 heterocycles. The fourth-order valence-corrected chi connectivity index (χ4v) is 5.29. The van der Waals surface area contributed by atoms with E-state index in [4.69, 9.17) is 0 Å². The first-order valence-corrected chi connectivity index (χ1v) is 9.70. The number of carbonyl (C=O) groups is 1. The largest absolute Gasteiger partial charge is 0.326 e. The summed E-state index contributed by atoms with van der Waals surface area (Å²) in [6, 6.07) is 25.4. The Morgan fingerprint density at radius 2 is 1.33 bits per heavy atom. The lowest BCUT2D eigenvalue weighted by molar-refractivity contribution is -0.122. The van der Waals surface area contributed by atoms with Crippen LogP contribution < -0.4 is 5.32 Å². The molecule has 2 nitrogen and oxygen atoms in total. The highest BCUT2D eigenvalue weighted by Gasteiger charge is 2.50. The molecule has 0 aliphatic heterocycles. The van der Waals surface area contributed by atoms with Crippen LogP contribution in [-0.4, -0.2) is 5.91 Å². The average molecular weight is 353 g/mol. The van der Waals surface area contributed by atoms with Crippen LogP contribution in [0.2, 0.25) is 0 Å². The molecule has 3 aliphatic rings. The van der Waals surface area contributed by atoms with Gasteiger partial charge < -0.3 is 5.32 Å². The SMILES string of the molecule is Cc1cccc(NC(=O)[C@H]2C3c4ccccc4C(c4ccccc43)[C@H]2C)c1. The van der Waals surface area contributed by atoms with Crippen molar-refractivity contribution in [1.82, 2.24) is 0 Å². The van der Waals surface area contributed by atoms with Crippen LogP contribution in [0.4, 0.5) is 5.69 Å². The summed E-state index contributed by atoms with van der Waals surface area (Å²) in [7, 11) is 0. The second-order valence-electron chi connectivity index (χ2n) is 7.96. The first-order valence-electron chi connectivity index (χ1n) is 9.70. The van der Waals surface area contributed by atoms with Crippen molar-refractivity contribution in [3.05, 3.63) is 101 Å². The molecule has 0 saturated carbocycles. The van der Waals surface area contributed by atoms with Gasteiger partial charge in [-0.25, -0.2) is 0 Å². The zero-order valence-corrected chi connectivity index (χ0v) is 15.6. The molecule has 134 valence electrons. The molecule has 27 heavy (non-hydrogen) atoms. The van der Waals surface area contributed by atoms with Gasteiger partial charge in [0, 0.05) is 17.5 Å². The first-order chi connectivity index (χ1) is 13.1. The summed E-state index contributed by atoms with van der Waals surface area (Å²) in [6.45, 7) is 4.29. The third kappa shape index (κ3) is 2.43. The molecule has 1 amide bonds. The number of benzene rings is 3. The number of rotatable bonds is 2. The lowest BCUT2D eigenvalue weighted by Crippen LogP contribution is -2.44. The van der Waals surface area contributed by atoms with E-state index in [-0.39, 0.29) is 29.6 Å². The maximum atomic E-state index is 13.4. The van der Waals surface area contributed by atoms with E-state index in [0.29, 0.717) is 0 Å². The van der Waals surface area contributed by atoms with Gasteiger partial charge in [0.1, 0.15) is 0 Å². The van der Waals surface area contributed by atoms with Gasteiger partial charge in [-0.1, -0.05) is 67.6 Å². The molecule has 3 aliphatic carbocycles. The van der Waals surface area contributed by atoms with Crippen LogP contribution >= 0.6 is 0 Å². The van der Waals surface area contributed by atoms with E-state index in [1.807, 2.05) is 31.2 Å². The Bertz CT molecular complexity index is 990. The van der Waals surface area contributed by atoms with E-state index in [2.05, 4.69) is 60.8 Å². The van der Waals surface area contributed by atoms with Crippen molar-refractivity contribution in [3.8, 4) is 0 Å². The van der Waals surface area contributed by atoms with Gasteiger partial charge in [0.05, 0.1) is 5.92 Å². The quantitative estimate of drug-likeness (QED) is 0.650. The lowest BCUT2D eigenvalue weighted by atomic mass is 9.54. The molecule has 0 aromatic heterocycles. The predicted octanol–water partition coefficient (Wildman–Crippen LogP) is 5.48. The van der Waals surface area contributed by atoms with Crippen molar-refractivity contribution in [1.29, 1.82) is 0 Å². The van der Waals surface area contributed by atoms with Gasteiger partial charge in [0.2, 0.25) is 5.91 Å². The van der Waals surface area contributed by atoms with Crippen LogP contribution in [0.25, 0.3) is 0 Å². The number of nitrogens with one attached hydrogen (secondary N) is 1. The molecule has 2 bridgehead atoms. The van der Waals surface area contributed by atoms with Crippen molar-refractivity contribution in [2.24, 2.45) is 11.8 Å². The third-order valence-electron chi connectivity index (χ3n) is 6.37. The number of hydrogen-bond acceptors (Lipinski definition) is 1. The number of aryl methyl sites for hydroxylation is 1. The maximum absolute atomic E-state index is 13.4. The van der Waals surface area contributed by atoms with Crippen LogP contribution in [0.1, 0.15) is 46.6 Å². The van der Waals surface area contributed by atoms with Crippen molar-refractivity contribution >= 4 is 11.6 Å². The predicted molar refractivity (Wildman–Crippen MR) is 109 cm³/mol. The van der Waals surface area contributed by atoms with Crippen LogP contribution in [-0.2, 0) is 4.79 Å². The molecule has 6 rings (SSSR count). The number of anilines is 1. The van der Waals surface area contributed by atoms with Gasteiger partial charge in [0.15, 0.2) is 0 Å².